The number of hydrogen-bond donors (Lipinski definition) is 1. The first kappa shape index (κ1) is 12.5. The fourth-order valence-electron chi connectivity index (χ4n) is 1.55. The van der Waals surface area contributed by atoms with Crippen molar-refractivity contribution in [1.82, 2.24) is 0 Å². The maximum atomic E-state index is 13.0. The molecule has 1 atom stereocenters. The summed E-state index contributed by atoms with van der Waals surface area (Å²) in [6.45, 7) is 2.15. The van der Waals surface area contributed by atoms with E-state index >= 15 is 0 Å². The number of aliphatic hydroxyl groups excluding tert-OH is 1. The molecule has 0 aliphatic rings. The maximum absolute atomic E-state index is 13.0. The van der Waals surface area contributed by atoms with Crippen LogP contribution in [0.2, 0.25) is 0 Å². The minimum atomic E-state index is -0.727. The van der Waals surface area contributed by atoms with E-state index in [0.29, 0.717) is 18.5 Å². The van der Waals surface area contributed by atoms with Crippen molar-refractivity contribution in [3.63, 3.8) is 0 Å². The van der Waals surface area contributed by atoms with Crippen molar-refractivity contribution in [1.29, 1.82) is 5.26 Å². The average Bonchev–Trinajstić information content (AvgIpc) is 2.25. The normalized spacial score (nSPS) is 11.9. The molecule has 0 bridgehead atoms. The second-order valence-electron chi connectivity index (χ2n) is 3.71. The van der Waals surface area contributed by atoms with Gasteiger partial charge in [-0.2, -0.15) is 5.26 Å². The van der Waals surface area contributed by atoms with Crippen LogP contribution in [0.25, 0.3) is 0 Å². The zero-order valence-corrected chi connectivity index (χ0v) is 9.44. The van der Waals surface area contributed by atoms with Crippen LogP contribution in [-0.4, -0.2) is 18.7 Å². The van der Waals surface area contributed by atoms with Crippen LogP contribution in [0.15, 0.2) is 18.2 Å². The third-order valence-electron chi connectivity index (χ3n) is 2.41. The number of hydrogen-bond acceptors (Lipinski definition) is 3. The third kappa shape index (κ3) is 2.94. The summed E-state index contributed by atoms with van der Waals surface area (Å²) in [6, 6.07) is 6.34. The molecule has 0 spiro atoms. The summed E-state index contributed by atoms with van der Waals surface area (Å²) < 4.78 is 13.0. The van der Waals surface area contributed by atoms with Crippen molar-refractivity contribution in [2.45, 2.75) is 19.4 Å². The van der Waals surface area contributed by atoms with E-state index in [1.807, 2.05) is 11.9 Å². The summed E-state index contributed by atoms with van der Waals surface area (Å²) in [5.41, 5.74) is 1.30. The molecule has 0 saturated carbocycles. The monoisotopic (exact) mass is 222 g/mol. The highest BCUT2D eigenvalue weighted by molar-refractivity contribution is 5.54. The molecular weight excluding hydrogens is 207 g/mol. The molecule has 0 amide bonds. The van der Waals surface area contributed by atoms with Crippen LogP contribution in [0, 0.1) is 17.1 Å². The Labute approximate surface area is 94.7 Å². The number of aliphatic hydroxyl groups is 1. The first-order valence-corrected chi connectivity index (χ1v) is 5.12. The quantitative estimate of drug-likeness (QED) is 0.849. The molecular formula is C12H15FN2O. The Morgan fingerprint density at radius 3 is 2.81 bits per heavy atom. The molecule has 0 radical (unpaired) electrons. The van der Waals surface area contributed by atoms with Crippen LogP contribution in [0.5, 0.6) is 0 Å². The molecule has 0 fully saturated rings. The van der Waals surface area contributed by atoms with E-state index in [0.717, 1.165) is 5.69 Å². The molecule has 0 saturated heterocycles. The van der Waals surface area contributed by atoms with E-state index in [1.165, 1.54) is 12.1 Å². The van der Waals surface area contributed by atoms with Gasteiger partial charge in [-0.25, -0.2) is 4.39 Å². The highest BCUT2D eigenvalue weighted by Crippen LogP contribution is 2.26. The van der Waals surface area contributed by atoms with Gasteiger partial charge in [0.1, 0.15) is 5.82 Å². The molecule has 0 aliphatic heterocycles. The molecule has 4 heteroatoms. The Morgan fingerprint density at radius 1 is 1.56 bits per heavy atom. The van der Waals surface area contributed by atoms with Gasteiger partial charge >= 0.3 is 0 Å². The Hall–Kier alpha value is -1.60. The van der Waals surface area contributed by atoms with Gasteiger partial charge in [-0.3, -0.25) is 0 Å². The average molecular weight is 222 g/mol. The molecule has 16 heavy (non-hydrogen) atoms. The third-order valence-corrected chi connectivity index (χ3v) is 2.41. The van der Waals surface area contributed by atoms with Gasteiger partial charge in [-0.15, -0.1) is 0 Å². The highest BCUT2D eigenvalue weighted by atomic mass is 19.1. The number of halogens is 1. The van der Waals surface area contributed by atoms with Crippen LogP contribution < -0.4 is 4.90 Å². The highest BCUT2D eigenvalue weighted by Gasteiger charge is 2.12. The molecule has 0 aliphatic carbocycles. The Bertz CT molecular complexity index is 398. The number of benzene rings is 1. The zero-order valence-electron chi connectivity index (χ0n) is 9.44. The molecule has 0 aromatic heterocycles. The summed E-state index contributed by atoms with van der Waals surface area (Å²) in [6.07, 6.45) is -0.331. The van der Waals surface area contributed by atoms with Gasteiger partial charge in [0, 0.05) is 24.8 Å². The topological polar surface area (TPSA) is 47.3 Å². The van der Waals surface area contributed by atoms with Crippen molar-refractivity contribution < 1.29 is 9.50 Å². The van der Waals surface area contributed by atoms with E-state index in [2.05, 4.69) is 6.07 Å². The van der Waals surface area contributed by atoms with Crippen LogP contribution >= 0.6 is 0 Å². The van der Waals surface area contributed by atoms with E-state index in [4.69, 9.17) is 5.26 Å². The van der Waals surface area contributed by atoms with Crippen LogP contribution in [0.3, 0.4) is 0 Å². The van der Waals surface area contributed by atoms with Gasteiger partial charge in [0.15, 0.2) is 0 Å². The molecule has 1 N–H and O–H groups in total. The van der Waals surface area contributed by atoms with Gasteiger partial charge in [-0.1, -0.05) is 0 Å². The molecule has 0 unspecified atom stereocenters. The summed E-state index contributed by atoms with van der Waals surface area (Å²) in [7, 11) is 1.82. The van der Waals surface area contributed by atoms with Gasteiger partial charge in [0.25, 0.3) is 0 Å². The van der Waals surface area contributed by atoms with Gasteiger partial charge < -0.3 is 10.0 Å². The second-order valence-corrected chi connectivity index (χ2v) is 3.71. The van der Waals surface area contributed by atoms with Gasteiger partial charge in [0.05, 0.1) is 18.6 Å². The fourth-order valence-corrected chi connectivity index (χ4v) is 1.55. The van der Waals surface area contributed by atoms with Crippen molar-refractivity contribution in [2.75, 3.05) is 18.5 Å². The maximum Gasteiger partial charge on any atom is 0.123 e. The standard InChI is InChI=1S/C12H15FN2O/c1-9(16)11-8-10(13)4-5-12(11)15(2)7-3-6-14/h4-5,8-9,16H,3,7H2,1-2H3/t9-/m1/s1. The molecule has 1 aromatic rings. The van der Waals surface area contributed by atoms with Crippen molar-refractivity contribution >= 4 is 5.69 Å². The first-order valence-electron chi connectivity index (χ1n) is 5.12. The largest absolute Gasteiger partial charge is 0.389 e. The molecule has 1 aromatic carbocycles. The van der Waals surface area contributed by atoms with E-state index in [-0.39, 0.29) is 5.82 Å². The zero-order chi connectivity index (χ0) is 12.1. The number of nitrogens with zero attached hydrogens (tertiary/aromatic N) is 2. The van der Waals surface area contributed by atoms with Crippen molar-refractivity contribution in [3.8, 4) is 6.07 Å². The molecule has 1 rings (SSSR count). The minimum absolute atomic E-state index is 0.367. The van der Waals surface area contributed by atoms with Crippen molar-refractivity contribution in [3.05, 3.63) is 29.6 Å². The first-order chi connectivity index (χ1) is 7.56. The van der Waals surface area contributed by atoms with Gasteiger partial charge in [0.2, 0.25) is 0 Å². The smallest absolute Gasteiger partial charge is 0.123 e. The number of anilines is 1. The summed E-state index contributed by atoms with van der Waals surface area (Å²) in [5.74, 6) is -0.367. The number of rotatable bonds is 4. The Morgan fingerprint density at radius 2 is 2.25 bits per heavy atom. The van der Waals surface area contributed by atoms with Crippen LogP contribution in [-0.2, 0) is 0 Å². The predicted octanol–water partition coefficient (Wildman–Crippen LogP) is 2.23. The van der Waals surface area contributed by atoms with E-state index in [1.54, 1.807) is 13.0 Å². The Balaban J connectivity index is 2.98. The SMILES string of the molecule is C[C@@H](O)c1cc(F)ccc1N(C)CCC#N. The van der Waals surface area contributed by atoms with Crippen LogP contribution in [0.1, 0.15) is 25.0 Å². The Kier molecular flexibility index (Phi) is 4.27. The fraction of sp³-hybridized carbons (Fsp3) is 0.417. The lowest BCUT2D eigenvalue weighted by molar-refractivity contribution is 0.199. The summed E-state index contributed by atoms with van der Waals surface area (Å²) in [4.78, 5) is 1.84. The lowest BCUT2D eigenvalue weighted by Gasteiger charge is -2.22. The minimum Gasteiger partial charge on any atom is -0.389 e. The second kappa shape index (κ2) is 5.47. The van der Waals surface area contributed by atoms with Crippen LogP contribution in [0.4, 0.5) is 10.1 Å². The lowest BCUT2D eigenvalue weighted by atomic mass is 10.1. The van der Waals surface area contributed by atoms with Crippen molar-refractivity contribution in [2.24, 2.45) is 0 Å². The summed E-state index contributed by atoms with van der Waals surface area (Å²) in [5, 5.41) is 18.0. The summed E-state index contributed by atoms with van der Waals surface area (Å²) >= 11 is 0. The molecule has 3 nitrogen and oxygen atoms in total. The molecule has 0 heterocycles. The molecule has 86 valence electrons. The van der Waals surface area contributed by atoms with E-state index < -0.39 is 6.10 Å². The van der Waals surface area contributed by atoms with Gasteiger partial charge in [-0.05, 0) is 25.1 Å². The predicted molar refractivity (Wildman–Crippen MR) is 60.5 cm³/mol. The van der Waals surface area contributed by atoms with E-state index in [9.17, 15) is 9.50 Å². The number of nitriles is 1. The lowest BCUT2D eigenvalue weighted by Crippen LogP contribution is -2.20.